The van der Waals surface area contributed by atoms with Crippen LogP contribution in [0.3, 0.4) is 0 Å². The molecule has 2 aromatic carbocycles. The molecule has 0 bridgehead atoms. The van der Waals surface area contributed by atoms with Crippen molar-refractivity contribution >= 4 is 23.3 Å². The van der Waals surface area contributed by atoms with E-state index < -0.39 is 0 Å². The predicted molar refractivity (Wildman–Crippen MR) is 96.2 cm³/mol. The molecule has 0 unspecified atom stereocenters. The lowest BCUT2D eigenvalue weighted by Gasteiger charge is -2.24. The molecule has 2 aliphatic heterocycles. The highest BCUT2D eigenvalue weighted by atomic mass is 35.5. The van der Waals surface area contributed by atoms with Gasteiger partial charge in [0.05, 0.1) is 11.9 Å². The van der Waals surface area contributed by atoms with Gasteiger partial charge in [0.1, 0.15) is 5.82 Å². The van der Waals surface area contributed by atoms with Crippen LogP contribution >= 0.6 is 11.6 Å². The van der Waals surface area contributed by atoms with Crippen molar-refractivity contribution in [2.24, 2.45) is 0 Å². The molecule has 130 valence electrons. The van der Waals surface area contributed by atoms with E-state index >= 15 is 0 Å². The van der Waals surface area contributed by atoms with Crippen LogP contribution < -0.4 is 14.8 Å². The summed E-state index contributed by atoms with van der Waals surface area (Å²) in [6, 6.07) is 13.1. The van der Waals surface area contributed by atoms with Crippen LogP contribution in [0.4, 0.5) is 5.82 Å². The van der Waals surface area contributed by atoms with E-state index in [4.69, 9.17) is 21.1 Å². The third-order valence-electron chi connectivity index (χ3n) is 4.69. The van der Waals surface area contributed by atoms with Crippen LogP contribution in [-0.4, -0.2) is 22.5 Å². The zero-order valence-corrected chi connectivity index (χ0v) is 14.4. The summed E-state index contributed by atoms with van der Waals surface area (Å²) in [5.74, 6) is 1.99. The number of rotatable bonds is 2. The molecule has 3 aromatic rings. The van der Waals surface area contributed by atoms with E-state index in [1.807, 2.05) is 30.3 Å². The van der Waals surface area contributed by atoms with Gasteiger partial charge in [-0.05, 0) is 42.0 Å². The van der Waals surface area contributed by atoms with Crippen LogP contribution in [0.25, 0.3) is 5.69 Å². The minimum absolute atomic E-state index is 0.0455. The molecular weight excluding hydrogens is 354 g/mol. The first-order valence-electron chi connectivity index (χ1n) is 8.22. The minimum Gasteiger partial charge on any atom is -0.454 e. The van der Waals surface area contributed by atoms with E-state index in [-0.39, 0.29) is 18.6 Å². The Hall–Kier alpha value is -2.99. The van der Waals surface area contributed by atoms with E-state index in [2.05, 4.69) is 10.4 Å². The second-order valence-corrected chi connectivity index (χ2v) is 6.69. The van der Waals surface area contributed by atoms with Crippen LogP contribution in [0.1, 0.15) is 23.5 Å². The van der Waals surface area contributed by atoms with Crippen molar-refractivity contribution in [3.8, 4) is 17.2 Å². The van der Waals surface area contributed by atoms with Crippen molar-refractivity contribution in [2.45, 2.75) is 12.3 Å². The topological polar surface area (TPSA) is 65.4 Å². The molecule has 0 saturated heterocycles. The lowest BCUT2D eigenvalue weighted by atomic mass is 9.87. The molecule has 5 rings (SSSR count). The molecule has 1 aromatic heterocycles. The van der Waals surface area contributed by atoms with Crippen molar-refractivity contribution in [1.29, 1.82) is 0 Å². The van der Waals surface area contributed by atoms with Gasteiger partial charge in [-0.25, -0.2) is 4.68 Å². The molecular formula is C19H14ClN3O3. The van der Waals surface area contributed by atoms with Gasteiger partial charge in [-0.3, -0.25) is 4.79 Å². The first kappa shape index (κ1) is 15.3. The quantitative estimate of drug-likeness (QED) is 0.749. The number of ether oxygens (including phenoxy) is 2. The second-order valence-electron chi connectivity index (χ2n) is 6.25. The SMILES string of the molecule is O=C1C[C@@H](c2ccc3c(c2)OCO3)c2cnn(-c3ccc(Cl)cc3)c2N1. The lowest BCUT2D eigenvalue weighted by molar-refractivity contribution is -0.116. The second kappa shape index (κ2) is 5.78. The number of nitrogens with zero attached hydrogens (tertiary/aromatic N) is 2. The third-order valence-corrected chi connectivity index (χ3v) is 4.94. The largest absolute Gasteiger partial charge is 0.454 e. The average molecular weight is 368 g/mol. The number of halogens is 1. The number of fused-ring (bicyclic) bond motifs is 2. The third kappa shape index (κ3) is 2.42. The van der Waals surface area contributed by atoms with Crippen molar-refractivity contribution in [1.82, 2.24) is 9.78 Å². The van der Waals surface area contributed by atoms with Gasteiger partial charge in [-0.15, -0.1) is 0 Å². The Morgan fingerprint density at radius 2 is 1.92 bits per heavy atom. The normalized spacial score (nSPS) is 17.7. The van der Waals surface area contributed by atoms with Gasteiger partial charge >= 0.3 is 0 Å². The van der Waals surface area contributed by atoms with Crippen molar-refractivity contribution in [3.63, 3.8) is 0 Å². The maximum Gasteiger partial charge on any atom is 0.231 e. The summed E-state index contributed by atoms with van der Waals surface area (Å²) in [7, 11) is 0. The summed E-state index contributed by atoms with van der Waals surface area (Å²) in [4.78, 5) is 12.3. The van der Waals surface area contributed by atoms with E-state index in [1.54, 1.807) is 23.0 Å². The first-order valence-corrected chi connectivity index (χ1v) is 8.60. The number of hydrogen-bond acceptors (Lipinski definition) is 4. The Labute approximate surface area is 154 Å². The smallest absolute Gasteiger partial charge is 0.231 e. The molecule has 7 heteroatoms. The fraction of sp³-hybridized carbons (Fsp3) is 0.158. The Morgan fingerprint density at radius 1 is 1.12 bits per heavy atom. The molecule has 0 fully saturated rings. The molecule has 3 heterocycles. The molecule has 0 aliphatic carbocycles. The molecule has 26 heavy (non-hydrogen) atoms. The predicted octanol–water partition coefficient (Wildman–Crippen LogP) is 3.73. The monoisotopic (exact) mass is 367 g/mol. The number of amides is 1. The summed E-state index contributed by atoms with van der Waals surface area (Å²) in [5, 5.41) is 8.08. The molecule has 1 atom stereocenters. The maximum absolute atomic E-state index is 12.3. The number of nitrogens with one attached hydrogen (secondary N) is 1. The molecule has 0 radical (unpaired) electrons. The van der Waals surface area contributed by atoms with Crippen molar-refractivity contribution < 1.29 is 14.3 Å². The van der Waals surface area contributed by atoms with Crippen LogP contribution in [0, 0.1) is 0 Å². The molecule has 0 saturated carbocycles. The summed E-state index contributed by atoms with van der Waals surface area (Å²) in [6.45, 7) is 0.226. The van der Waals surface area contributed by atoms with Gasteiger partial charge in [0.2, 0.25) is 12.7 Å². The maximum atomic E-state index is 12.3. The van der Waals surface area contributed by atoms with Gasteiger partial charge in [0.15, 0.2) is 11.5 Å². The Bertz CT molecular complexity index is 1010. The number of carbonyl (C=O) groups is 1. The van der Waals surface area contributed by atoms with Crippen LogP contribution in [-0.2, 0) is 4.79 Å². The molecule has 1 N–H and O–H groups in total. The number of hydrogen-bond donors (Lipinski definition) is 1. The van der Waals surface area contributed by atoms with Crippen LogP contribution in [0.15, 0.2) is 48.7 Å². The number of carbonyl (C=O) groups excluding carboxylic acids is 1. The number of benzene rings is 2. The van der Waals surface area contributed by atoms with E-state index in [9.17, 15) is 4.79 Å². The molecule has 0 spiro atoms. The zero-order valence-electron chi connectivity index (χ0n) is 13.6. The van der Waals surface area contributed by atoms with Crippen LogP contribution in [0.2, 0.25) is 5.02 Å². The van der Waals surface area contributed by atoms with E-state index in [0.29, 0.717) is 23.0 Å². The van der Waals surface area contributed by atoms with Gasteiger partial charge < -0.3 is 14.8 Å². The van der Waals surface area contributed by atoms with Gasteiger partial charge in [-0.1, -0.05) is 17.7 Å². The highest BCUT2D eigenvalue weighted by molar-refractivity contribution is 6.30. The van der Waals surface area contributed by atoms with Gasteiger partial charge in [0, 0.05) is 22.9 Å². The van der Waals surface area contributed by atoms with Gasteiger partial charge in [-0.2, -0.15) is 5.10 Å². The summed E-state index contributed by atoms with van der Waals surface area (Å²) >= 11 is 5.97. The summed E-state index contributed by atoms with van der Waals surface area (Å²) in [6.07, 6.45) is 2.16. The standard InChI is InChI=1S/C19H14ClN3O3/c20-12-2-4-13(5-3-12)23-19-15(9-21-23)14(8-18(24)22-19)11-1-6-16-17(7-11)26-10-25-16/h1-7,9,14H,8,10H2,(H,22,24)/t14-/m0/s1. The summed E-state index contributed by atoms with van der Waals surface area (Å²) in [5.41, 5.74) is 2.81. The number of aromatic nitrogens is 2. The van der Waals surface area contributed by atoms with Crippen LogP contribution in [0.5, 0.6) is 11.5 Å². The summed E-state index contributed by atoms with van der Waals surface area (Å²) < 4.78 is 12.6. The Morgan fingerprint density at radius 3 is 2.77 bits per heavy atom. The zero-order chi connectivity index (χ0) is 17.7. The highest BCUT2D eigenvalue weighted by Crippen LogP contribution is 2.41. The fourth-order valence-corrected chi connectivity index (χ4v) is 3.55. The lowest BCUT2D eigenvalue weighted by Crippen LogP contribution is -2.24. The van der Waals surface area contributed by atoms with Crippen molar-refractivity contribution in [2.75, 3.05) is 12.1 Å². The average Bonchev–Trinajstić information content (AvgIpc) is 3.27. The number of anilines is 1. The Balaban J connectivity index is 1.59. The fourth-order valence-electron chi connectivity index (χ4n) is 3.43. The minimum atomic E-state index is -0.0886. The molecule has 6 nitrogen and oxygen atoms in total. The highest BCUT2D eigenvalue weighted by Gasteiger charge is 2.31. The molecule has 1 amide bonds. The first-order chi connectivity index (χ1) is 12.7. The van der Waals surface area contributed by atoms with Crippen molar-refractivity contribution in [3.05, 3.63) is 64.8 Å². The Kier molecular flexibility index (Phi) is 3.39. The van der Waals surface area contributed by atoms with E-state index in [0.717, 1.165) is 22.6 Å². The van der Waals surface area contributed by atoms with E-state index in [1.165, 1.54) is 0 Å². The van der Waals surface area contributed by atoms with Gasteiger partial charge in [0.25, 0.3) is 0 Å². The molecule has 2 aliphatic rings.